The van der Waals surface area contributed by atoms with E-state index in [1.165, 1.54) is 6.26 Å². The van der Waals surface area contributed by atoms with E-state index in [2.05, 4.69) is 10.3 Å². The first-order valence-electron chi connectivity index (χ1n) is 5.38. The number of oxazole rings is 1. The fourth-order valence-electron chi connectivity index (χ4n) is 1.52. The van der Waals surface area contributed by atoms with Crippen LogP contribution in [0.4, 0.5) is 6.01 Å². The molecule has 1 atom stereocenters. The van der Waals surface area contributed by atoms with Gasteiger partial charge in [-0.05, 0) is 12.5 Å². The minimum atomic E-state index is -0.876. The quantitative estimate of drug-likeness (QED) is 0.893. The molecule has 0 bridgehead atoms. The average Bonchev–Trinajstić information content (AvgIpc) is 2.77. The zero-order valence-electron chi connectivity index (χ0n) is 9.75. The number of carbonyl (C=O) groups excluding carboxylic acids is 1. The van der Waals surface area contributed by atoms with Crippen LogP contribution in [0.25, 0.3) is 0 Å². The fourth-order valence-corrected chi connectivity index (χ4v) is 1.52. The number of aromatic nitrogens is 1. The standard InChI is InChI=1S/C13H11N3O2/c1-9-8-18-13(15-9)16-12(17)11(7-14)10-5-3-2-4-6-10/h2-6,8,11H,1H3,(H,15,16,17). The van der Waals surface area contributed by atoms with E-state index in [9.17, 15) is 4.79 Å². The van der Waals surface area contributed by atoms with Crippen molar-refractivity contribution in [3.63, 3.8) is 0 Å². The molecule has 0 aliphatic heterocycles. The van der Waals surface area contributed by atoms with Crippen molar-refractivity contribution in [2.24, 2.45) is 0 Å². The number of hydrogen-bond acceptors (Lipinski definition) is 4. The SMILES string of the molecule is Cc1coc(NC(=O)C(C#N)c2ccccc2)n1. The number of nitrogens with one attached hydrogen (secondary N) is 1. The van der Waals surface area contributed by atoms with E-state index in [0.717, 1.165) is 0 Å². The van der Waals surface area contributed by atoms with Crippen LogP contribution in [0.5, 0.6) is 0 Å². The molecule has 0 saturated carbocycles. The maximum Gasteiger partial charge on any atom is 0.301 e. The zero-order valence-corrected chi connectivity index (χ0v) is 9.75. The van der Waals surface area contributed by atoms with Crippen molar-refractivity contribution >= 4 is 11.9 Å². The van der Waals surface area contributed by atoms with Gasteiger partial charge < -0.3 is 4.42 Å². The van der Waals surface area contributed by atoms with Gasteiger partial charge in [-0.2, -0.15) is 10.2 Å². The van der Waals surface area contributed by atoms with Gasteiger partial charge in [0, 0.05) is 0 Å². The first kappa shape index (κ1) is 11.9. The minimum Gasteiger partial charge on any atom is -0.432 e. The maximum absolute atomic E-state index is 11.9. The first-order valence-corrected chi connectivity index (χ1v) is 5.38. The molecule has 0 aliphatic carbocycles. The van der Waals surface area contributed by atoms with Crippen molar-refractivity contribution in [2.45, 2.75) is 12.8 Å². The van der Waals surface area contributed by atoms with Crippen LogP contribution in [0.2, 0.25) is 0 Å². The number of amides is 1. The molecule has 0 aliphatic rings. The van der Waals surface area contributed by atoms with Crippen LogP contribution in [-0.4, -0.2) is 10.9 Å². The summed E-state index contributed by atoms with van der Waals surface area (Å²) < 4.78 is 5.01. The van der Waals surface area contributed by atoms with Gasteiger partial charge in [-0.3, -0.25) is 10.1 Å². The summed E-state index contributed by atoms with van der Waals surface area (Å²) in [5.74, 6) is -1.33. The van der Waals surface area contributed by atoms with Crippen LogP contribution < -0.4 is 5.32 Å². The van der Waals surface area contributed by atoms with Crippen LogP contribution in [0, 0.1) is 18.3 Å². The molecule has 0 saturated heterocycles. The van der Waals surface area contributed by atoms with Gasteiger partial charge in [0.2, 0.25) is 5.91 Å². The molecule has 0 fully saturated rings. The van der Waals surface area contributed by atoms with Crippen LogP contribution in [0.15, 0.2) is 41.0 Å². The average molecular weight is 241 g/mol. The molecule has 1 amide bonds. The van der Waals surface area contributed by atoms with Crippen LogP contribution in [-0.2, 0) is 4.79 Å². The molecule has 0 radical (unpaired) electrons. The van der Waals surface area contributed by atoms with E-state index >= 15 is 0 Å². The number of anilines is 1. The third-order valence-electron chi connectivity index (χ3n) is 2.37. The Balaban J connectivity index is 2.15. The van der Waals surface area contributed by atoms with Gasteiger partial charge in [0.25, 0.3) is 0 Å². The van der Waals surface area contributed by atoms with E-state index in [1.54, 1.807) is 31.2 Å². The summed E-state index contributed by atoms with van der Waals surface area (Å²) in [4.78, 5) is 15.9. The number of hydrogen-bond donors (Lipinski definition) is 1. The summed E-state index contributed by atoms with van der Waals surface area (Å²) in [6, 6.07) is 10.9. The molecule has 5 heteroatoms. The van der Waals surface area contributed by atoms with E-state index < -0.39 is 11.8 Å². The number of rotatable bonds is 3. The second-order valence-corrected chi connectivity index (χ2v) is 3.76. The van der Waals surface area contributed by atoms with Crippen LogP contribution in [0.3, 0.4) is 0 Å². The predicted molar refractivity (Wildman–Crippen MR) is 64.7 cm³/mol. The summed E-state index contributed by atoms with van der Waals surface area (Å²) in [6.45, 7) is 1.75. The van der Waals surface area contributed by atoms with Crippen LogP contribution >= 0.6 is 0 Å². The van der Waals surface area contributed by atoms with Gasteiger partial charge in [0.15, 0.2) is 5.92 Å². The highest BCUT2D eigenvalue weighted by Gasteiger charge is 2.21. The maximum atomic E-state index is 11.9. The largest absolute Gasteiger partial charge is 0.432 e. The molecule has 90 valence electrons. The first-order chi connectivity index (χ1) is 8.70. The van der Waals surface area contributed by atoms with Crippen molar-refractivity contribution in [3.8, 4) is 6.07 Å². The molecule has 0 spiro atoms. The molecule has 1 heterocycles. The normalized spacial score (nSPS) is 11.6. The van der Waals surface area contributed by atoms with Gasteiger partial charge >= 0.3 is 6.01 Å². The predicted octanol–water partition coefficient (Wildman–Crippen LogP) is 2.23. The molecule has 1 unspecified atom stereocenters. The second-order valence-electron chi connectivity index (χ2n) is 3.76. The molecular weight excluding hydrogens is 230 g/mol. The second kappa shape index (κ2) is 5.15. The smallest absolute Gasteiger partial charge is 0.301 e. The van der Waals surface area contributed by atoms with E-state index in [-0.39, 0.29) is 6.01 Å². The van der Waals surface area contributed by atoms with Crippen molar-refractivity contribution in [2.75, 3.05) is 5.32 Å². The number of aryl methyl sites for hydroxylation is 1. The van der Waals surface area contributed by atoms with E-state index in [4.69, 9.17) is 9.68 Å². The van der Waals surface area contributed by atoms with Crippen LogP contribution in [0.1, 0.15) is 17.2 Å². The summed E-state index contributed by atoms with van der Waals surface area (Å²) in [6.07, 6.45) is 1.43. The Bertz CT molecular complexity index is 584. The lowest BCUT2D eigenvalue weighted by molar-refractivity contribution is -0.116. The lowest BCUT2D eigenvalue weighted by atomic mass is 10.0. The molecule has 2 aromatic rings. The molecule has 18 heavy (non-hydrogen) atoms. The van der Waals surface area contributed by atoms with E-state index in [0.29, 0.717) is 11.3 Å². The third-order valence-corrected chi connectivity index (χ3v) is 2.37. The highest BCUT2D eigenvalue weighted by molar-refractivity contribution is 5.96. The molecule has 1 aromatic carbocycles. The number of benzene rings is 1. The van der Waals surface area contributed by atoms with Gasteiger partial charge in [0.1, 0.15) is 6.26 Å². The summed E-state index contributed by atoms with van der Waals surface area (Å²) in [5, 5.41) is 11.5. The van der Waals surface area contributed by atoms with Gasteiger partial charge in [-0.15, -0.1) is 0 Å². The Morgan fingerprint density at radius 1 is 1.44 bits per heavy atom. The molecule has 1 N–H and O–H groups in total. The summed E-state index contributed by atoms with van der Waals surface area (Å²) in [5.41, 5.74) is 1.30. The summed E-state index contributed by atoms with van der Waals surface area (Å²) in [7, 11) is 0. The minimum absolute atomic E-state index is 0.105. The van der Waals surface area contributed by atoms with Crippen molar-refractivity contribution < 1.29 is 9.21 Å². The zero-order chi connectivity index (χ0) is 13.0. The third kappa shape index (κ3) is 2.55. The Morgan fingerprint density at radius 2 is 2.17 bits per heavy atom. The van der Waals surface area contributed by atoms with E-state index in [1.807, 2.05) is 12.1 Å². The monoisotopic (exact) mass is 241 g/mol. The summed E-state index contributed by atoms with van der Waals surface area (Å²) >= 11 is 0. The Kier molecular flexibility index (Phi) is 3.39. The Morgan fingerprint density at radius 3 is 2.72 bits per heavy atom. The Hall–Kier alpha value is -2.61. The fraction of sp³-hybridized carbons (Fsp3) is 0.154. The lowest BCUT2D eigenvalue weighted by Gasteiger charge is -2.07. The topological polar surface area (TPSA) is 78.9 Å². The van der Waals surface area contributed by atoms with Gasteiger partial charge in [-0.25, -0.2) is 0 Å². The number of nitrogens with zero attached hydrogens (tertiary/aromatic N) is 2. The highest BCUT2D eigenvalue weighted by Crippen LogP contribution is 2.17. The van der Waals surface area contributed by atoms with Crippen molar-refractivity contribution in [1.82, 2.24) is 4.98 Å². The number of nitriles is 1. The lowest BCUT2D eigenvalue weighted by Crippen LogP contribution is -2.20. The molecular formula is C13H11N3O2. The molecule has 5 nitrogen and oxygen atoms in total. The highest BCUT2D eigenvalue weighted by atomic mass is 16.4. The molecule has 2 rings (SSSR count). The van der Waals surface area contributed by atoms with Crippen molar-refractivity contribution in [3.05, 3.63) is 47.9 Å². The Labute approximate surface area is 104 Å². The van der Waals surface area contributed by atoms with Crippen molar-refractivity contribution in [1.29, 1.82) is 5.26 Å². The van der Waals surface area contributed by atoms with Gasteiger partial charge in [0.05, 0.1) is 11.8 Å². The number of carbonyl (C=O) groups is 1. The van der Waals surface area contributed by atoms with Gasteiger partial charge in [-0.1, -0.05) is 30.3 Å². The molecule has 1 aromatic heterocycles.